The smallest absolute Gasteiger partial charge is 0.0284 e. The first kappa shape index (κ1) is 8.79. The summed E-state index contributed by atoms with van der Waals surface area (Å²) in [5.41, 5.74) is 7.40. The standard InChI is InChI=1S/C10H19N/c1-7(10(2,3)4)9(11)8-5-6-8/h8-9H,1,5-6,11H2,2-4H3/t9-/m1/s1. The molecule has 0 amide bonds. The van der Waals surface area contributed by atoms with Gasteiger partial charge in [-0.25, -0.2) is 0 Å². The average Bonchev–Trinajstić information content (AvgIpc) is 2.63. The van der Waals surface area contributed by atoms with E-state index in [1.54, 1.807) is 0 Å². The lowest BCUT2D eigenvalue weighted by Gasteiger charge is -2.26. The maximum absolute atomic E-state index is 6.01. The molecule has 0 heterocycles. The van der Waals surface area contributed by atoms with Crippen LogP contribution in [0.3, 0.4) is 0 Å². The molecule has 0 unspecified atom stereocenters. The molecule has 1 saturated carbocycles. The molecule has 0 aliphatic heterocycles. The summed E-state index contributed by atoms with van der Waals surface area (Å²) < 4.78 is 0. The van der Waals surface area contributed by atoms with Gasteiger partial charge < -0.3 is 5.73 Å². The van der Waals surface area contributed by atoms with Crippen LogP contribution in [-0.4, -0.2) is 6.04 Å². The molecule has 1 aliphatic carbocycles. The van der Waals surface area contributed by atoms with Gasteiger partial charge in [-0.05, 0) is 24.2 Å². The molecule has 0 bridgehead atoms. The van der Waals surface area contributed by atoms with E-state index in [-0.39, 0.29) is 11.5 Å². The summed E-state index contributed by atoms with van der Waals surface area (Å²) in [5, 5.41) is 0. The van der Waals surface area contributed by atoms with Crippen molar-refractivity contribution >= 4 is 0 Å². The second-order valence-corrected chi connectivity index (χ2v) is 4.64. The Balaban J connectivity index is 2.52. The van der Waals surface area contributed by atoms with Crippen molar-refractivity contribution < 1.29 is 0 Å². The van der Waals surface area contributed by atoms with Crippen LogP contribution in [-0.2, 0) is 0 Å². The van der Waals surface area contributed by atoms with Gasteiger partial charge in [0, 0.05) is 6.04 Å². The van der Waals surface area contributed by atoms with Gasteiger partial charge in [0.25, 0.3) is 0 Å². The van der Waals surface area contributed by atoms with E-state index in [1.807, 2.05) is 0 Å². The minimum atomic E-state index is 0.183. The summed E-state index contributed by atoms with van der Waals surface area (Å²) in [4.78, 5) is 0. The summed E-state index contributed by atoms with van der Waals surface area (Å²) in [6.45, 7) is 10.6. The van der Waals surface area contributed by atoms with Gasteiger partial charge in [0.05, 0.1) is 0 Å². The Morgan fingerprint density at radius 2 is 1.91 bits per heavy atom. The molecule has 1 atom stereocenters. The minimum Gasteiger partial charge on any atom is -0.324 e. The minimum absolute atomic E-state index is 0.183. The van der Waals surface area contributed by atoms with E-state index in [0.717, 1.165) is 5.92 Å². The maximum Gasteiger partial charge on any atom is 0.0284 e. The molecule has 0 spiro atoms. The normalized spacial score (nSPS) is 21.5. The van der Waals surface area contributed by atoms with E-state index < -0.39 is 0 Å². The summed E-state index contributed by atoms with van der Waals surface area (Å²) in [6, 6.07) is 0.245. The number of hydrogen-bond acceptors (Lipinski definition) is 1. The number of nitrogens with two attached hydrogens (primary N) is 1. The van der Waals surface area contributed by atoms with Crippen molar-refractivity contribution in [1.29, 1.82) is 0 Å². The fourth-order valence-electron chi connectivity index (χ4n) is 1.24. The highest BCUT2D eigenvalue weighted by Gasteiger charge is 2.33. The van der Waals surface area contributed by atoms with Crippen molar-refractivity contribution in [3.05, 3.63) is 12.2 Å². The van der Waals surface area contributed by atoms with Crippen LogP contribution in [0.2, 0.25) is 0 Å². The van der Waals surface area contributed by atoms with Crippen molar-refractivity contribution in [1.82, 2.24) is 0 Å². The largest absolute Gasteiger partial charge is 0.324 e. The van der Waals surface area contributed by atoms with Crippen LogP contribution in [0.1, 0.15) is 33.6 Å². The molecule has 0 radical (unpaired) electrons. The highest BCUT2D eigenvalue weighted by atomic mass is 14.7. The molecule has 64 valence electrons. The third-order valence-electron chi connectivity index (χ3n) is 2.50. The van der Waals surface area contributed by atoms with Crippen LogP contribution in [0.15, 0.2) is 12.2 Å². The molecule has 0 aromatic heterocycles. The Bertz CT molecular complexity index is 160. The SMILES string of the molecule is C=C([C@@H](N)C1CC1)C(C)(C)C. The van der Waals surface area contributed by atoms with Crippen molar-refractivity contribution in [3.8, 4) is 0 Å². The van der Waals surface area contributed by atoms with Gasteiger partial charge in [-0.15, -0.1) is 0 Å². The van der Waals surface area contributed by atoms with E-state index in [1.165, 1.54) is 18.4 Å². The van der Waals surface area contributed by atoms with Gasteiger partial charge in [-0.1, -0.05) is 32.9 Å². The quantitative estimate of drug-likeness (QED) is 0.605. The Hall–Kier alpha value is -0.300. The van der Waals surface area contributed by atoms with Gasteiger partial charge in [0.2, 0.25) is 0 Å². The van der Waals surface area contributed by atoms with Crippen molar-refractivity contribution in [2.24, 2.45) is 17.1 Å². The third kappa shape index (κ3) is 2.06. The third-order valence-corrected chi connectivity index (χ3v) is 2.50. The molecule has 1 aliphatic rings. The lowest BCUT2D eigenvalue weighted by Crippen LogP contribution is -2.31. The Labute approximate surface area is 69.7 Å². The summed E-state index contributed by atoms with van der Waals surface area (Å²) in [5.74, 6) is 0.738. The van der Waals surface area contributed by atoms with Crippen molar-refractivity contribution in [2.75, 3.05) is 0 Å². The number of hydrogen-bond donors (Lipinski definition) is 1. The average molecular weight is 153 g/mol. The predicted octanol–water partition coefficient (Wildman–Crippen LogP) is 2.33. The van der Waals surface area contributed by atoms with Crippen LogP contribution in [0.5, 0.6) is 0 Å². The molecule has 1 heteroatoms. The van der Waals surface area contributed by atoms with Crippen LogP contribution in [0, 0.1) is 11.3 Å². The van der Waals surface area contributed by atoms with E-state index in [4.69, 9.17) is 5.73 Å². The summed E-state index contributed by atoms with van der Waals surface area (Å²) in [6.07, 6.45) is 2.60. The first-order chi connectivity index (χ1) is 4.93. The molecule has 1 fully saturated rings. The zero-order valence-electron chi connectivity index (χ0n) is 7.85. The van der Waals surface area contributed by atoms with E-state index >= 15 is 0 Å². The molecule has 0 saturated heterocycles. The van der Waals surface area contributed by atoms with Crippen LogP contribution >= 0.6 is 0 Å². The molecule has 1 nitrogen and oxygen atoms in total. The van der Waals surface area contributed by atoms with Crippen LogP contribution in [0.4, 0.5) is 0 Å². The molecule has 11 heavy (non-hydrogen) atoms. The first-order valence-electron chi connectivity index (χ1n) is 4.38. The predicted molar refractivity (Wildman–Crippen MR) is 49.3 cm³/mol. The Morgan fingerprint density at radius 3 is 2.18 bits per heavy atom. The van der Waals surface area contributed by atoms with Gasteiger partial charge in [0.15, 0.2) is 0 Å². The van der Waals surface area contributed by atoms with E-state index in [0.29, 0.717) is 0 Å². The Morgan fingerprint density at radius 1 is 1.45 bits per heavy atom. The highest BCUT2D eigenvalue weighted by molar-refractivity contribution is 5.16. The Kier molecular flexibility index (Phi) is 2.10. The fraction of sp³-hybridized carbons (Fsp3) is 0.800. The van der Waals surface area contributed by atoms with Crippen molar-refractivity contribution in [3.63, 3.8) is 0 Å². The van der Waals surface area contributed by atoms with Gasteiger partial charge in [-0.2, -0.15) is 0 Å². The summed E-state index contributed by atoms with van der Waals surface area (Å²) >= 11 is 0. The van der Waals surface area contributed by atoms with E-state index in [9.17, 15) is 0 Å². The highest BCUT2D eigenvalue weighted by Crippen LogP contribution is 2.38. The lowest BCUT2D eigenvalue weighted by molar-refractivity contribution is 0.447. The summed E-state index contributed by atoms with van der Waals surface area (Å²) in [7, 11) is 0. The molecule has 0 aromatic carbocycles. The molecule has 1 rings (SSSR count). The molecule has 2 N–H and O–H groups in total. The van der Waals surface area contributed by atoms with Gasteiger partial charge in [-0.3, -0.25) is 0 Å². The van der Waals surface area contributed by atoms with Crippen LogP contribution < -0.4 is 5.73 Å². The zero-order valence-corrected chi connectivity index (χ0v) is 7.85. The lowest BCUT2D eigenvalue weighted by atomic mass is 9.82. The molecular formula is C10H19N. The molecular weight excluding hydrogens is 134 g/mol. The molecule has 0 aromatic rings. The maximum atomic E-state index is 6.01. The topological polar surface area (TPSA) is 26.0 Å². The first-order valence-corrected chi connectivity index (χ1v) is 4.38. The van der Waals surface area contributed by atoms with Crippen LogP contribution in [0.25, 0.3) is 0 Å². The second-order valence-electron chi connectivity index (χ2n) is 4.64. The fourth-order valence-corrected chi connectivity index (χ4v) is 1.24. The monoisotopic (exact) mass is 153 g/mol. The van der Waals surface area contributed by atoms with E-state index in [2.05, 4.69) is 27.4 Å². The van der Waals surface area contributed by atoms with Crippen molar-refractivity contribution in [2.45, 2.75) is 39.7 Å². The van der Waals surface area contributed by atoms with Gasteiger partial charge >= 0.3 is 0 Å². The zero-order chi connectivity index (χ0) is 8.65. The van der Waals surface area contributed by atoms with Gasteiger partial charge in [0.1, 0.15) is 0 Å². The second kappa shape index (κ2) is 2.63. The number of rotatable bonds is 2.